The highest BCUT2D eigenvalue weighted by Gasteiger charge is 2.23. The van der Waals surface area contributed by atoms with Gasteiger partial charge in [-0.15, -0.1) is 0 Å². The topological polar surface area (TPSA) is 66.4 Å². The zero-order valence-corrected chi connectivity index (χ0v) is 13.9. The largest absolute Gasteiger partial charge is 0.388 e. The number of carbonyl (C=O) groups excluding carboxylic acids is 2. The van der Waals surface area contributed by atoms with Crippen LogP contribution in [0.5, 0.6) is 0 Å². The minimum absolute atomic E-state index is 0.149. The number of amides is 1. The number of ketones is 1. The van der Waals surface area contributed by atoms with Crippen molar-refractivity contribution >= 4 is 11.7 Å². The Kier molecular flexibility index (Phi) is 6.78. The predicted molar refractivity (Wildman–Crippen MR) is 90.2 cm³/mol. The van der Waals surface area contributed by atoms with Gasteiger partial charge in [-0.3, -0.25) is 9.59 Å². The van der Waals surface area contributed by atoms with Gasteiger partial charge in [-0.2, -0.15) is 0 Å². The van der Waals surface area contributed by atoms with Gasteiger partial charge in [0.15, 0.2) is 0 Å². The molecule has 0 aromatic heterocycles. The quantitative estimate of drug-likeness (QED) is 0.810. The molecule has 23 heavy (non-hydrogen) atoms. The summed E-state index contributed by atoms with van der Waals surface area (Å²) >= 11 is 0. The molecule has 4 nitrogen and oxygen atoms in total. The highest BCUT2D eigenvalue weighted by atomic mass is 16.3. The van der Waals surface area contributed by atoms with E-state index in [9.17, 15) is 14.7 Å². The van der Waals surface area contributed by atoms with E-state index in [0.29, 0.717) is 30.9 Å². The van der Waals surface area contributed by atoms with Crippen LogP contribution >= 0.6 is 0 Å². The smallest absolute Gasteiger partial charge is 0.251 e. The Morgan fingerprint density at radius 3 is 2.43 bits per heavy atom. The van der Waals surface area contributed by atoms with Gasteiger partial charge in [0.25, 0.3) is 5.91 Å². The summed E-state index contributed by atoms with van der Waals surface area (Å²) in [4.78, 5) is 23.2. The molecule has 126 valence electrons. The molecule has 1 aliphatic carbocycles. The Bertz CT molecular complexity index is 518. The summed E-state index contributed by atoms with van der Waals surface area (Å²) in [6.45, 7) is 2.19. The zero-order chi connectivity index (χ0) is 16.7. The summed E-state index contributed by atoms with van der Waals surface area (Å²) in [5.74, 6) is 0.312. The molecule has 2 N–H and O–H groups in total. The standard InChI is InChI=1S/C19H27NO3/c1-2-17(21)12-13-20-19(23)16-10-8-15(9-11-16)18(22)14-6-4-3-5-7-14/h8-11,14,18,22H,2-7,12-13H2,1H3,(H,20,23). The van der Waals surface area contributed by atoms with Gasteiger partial charge in [-0.25, -0.2) is 0 Å². The summed E-state index contributed by atoms with van der Waals surface area (Å²) in [6.07, 6.45) is 6.25. The molecule has 1 aliphatic rings. The van der Waals surface area contributed by atoms with Gasteiger partial charge in [-0.1, -0.05) is 38.3 Å². The van der Waals surface area contributed by atoms with Gasteiger partial charge < -0.3 is 10.4 Å². The molecule has 0 bridgehead atoms. The molecule has 0 spiro atoms. The Hall–Kier alpha value is -1.68. The van der Waals surface area contributed by atoms with Crippen LogP contribution in [-0.4, -0.2) is 23.3 Å². The molecule has 4 heteroatoms. The van der Waals surface area contributed by atoms with E-state index in [2.05, 4.69) is 5.32 Å². The SMILES string of the molecule is CCC(=O)CCNC(=O)c1ccc(C(O)C2CCCCC2)cc1. The number of carbonyl (C=O) groups is 2. The van der Waals surface area contributed by atoms with Gasteiger partial charge in [-0.05, 0) is 36.5 Å². The molecule has 1 aromatic carbocycles. The molecule has 1 unspecified atom stereocenters. The van der Waals surface area contributed by atoms with Crippen LogP contribution in [0.1, 0.15) is 73.9 Å². The molecular weight excluding hydrogens is 290 g/mol. The minimum atomic E-state index is -0.436. The highest BCUT2D eigenvalue weighted by molar-refractivity contribution is 5.94. The van der Waals surface area contributed by atoms with Crippen LogP contribution in [0.4, 0.5) is 0 Å². The van der Waals surface area contributed by atoms with Crippen molar-refractivity contribution in [2.24, 2.45) is 5.92 Å². The number of nitrogens with one attached hydrogen (secondary N) is 1. The number of rotatable bonds is 7. The highest BCUT2D eigenvalue weighted by Crippen LogP contribution is 2.34. The van der Waals surface area contributed by atoms with Crippen LogP contribution in [0, 0.1) is 5.92 Å². The fraction of sp³-hybridized carbons (Fsp3) is 0.579. The van der Waals surface area contributed by atoms with Crippen LogP contribution in [0.3, 0.4) is 0 Å². The Labute approximate surface area is 138 Å². The Balaban J connectivity index is 1.88. The number of Topliss-reactive ketones (excluding diaryl/α,β-unsaturated/α-hetero) is 1. The maximum Gasteiger partial charge on any atom is 0.251 e. The molecule has 1 amide bonds. The number of aliphatic hydroxyl groups is 1. The summed E-state index contributed by atoms with van der Waals surface area (Å²) in [5, 5.41) is 13.2. The van der Waals surface area contributed by atoms with E-state index in [1.807, 2.05) is 19.1 Å². The molecule has 1 fully saturated rings. The fourth-order valence-corrected chi connectivity index (χ4v) is 3.15. The average Bonchev–Trinajstić information content (AvgIpc) is 2.61. The number of hydrogen-bond donors (Lipinski definition) is 2. The third-order valence-corrected chi connectivity index (χ3v) is 4.69. The Morgan fingerprint density at radius 1 is 1.17 bits per heavy atom. The first-order valence-electron chi connectivity index (χ1n) is 8.69. The van der Waals surface area contributed by atoms with E-state index in [1.165, 1.54) is 19.3 Å². The molecule has 0 saturated heterocycles. The van der Waals surface area contributed by atoms with Gasteiger partial charge in [0.2, 0.25) is 0 Å². The molecule has 0 heterocycles. The second-order valence-corrected chi connectivity index (χ2v) is 6.36. The van der Waals surface area contributed by atoms with Crippen LogP contribution in [0.2, 0.25) is 0 Å². The van der Waals surface area contributed by atoms with E-state index in [4.69, 9.17) is 0 Å². The summed E-state index contributed by atoms with van der Waals surface area (Å²) in [7, 11) is 0. The van der Waals surface area contributed by atoms with Gasteiger partial charge in [0.1, 0.15) is 5.78 Å². The first kappa shape index (κ1) is 17.7. The molecule has 1 aromatic rings. The predicted octanol–water partition coefficient (Wildman–Crippen LogP) is 3.40. The summed E-state index contributed by atoms with van der Waals surface area (Å²) in [6, 6.07) is 7.17. The first-order chi connectivity index (χ1) is 11.1. The van der Waals surface area contributed by atoms with E-state index in [0.717, 1.165) is 18.4 Å². The van der Waals surface area contributed by atoms with Crippen molar-refractivity contribution in [3.8, 4) is 0 Å². The lowest BCUT2D eigenvalue weighted by Gasteiger charge is -2.26. The maximum absolute atomic E-state index is 12.0. The van der Waals surface area contributed by atoms with Crippen molar-refractivity contribution in [2.75, 3.05) is 6.54 Å². The van der Waals surface area contributed by atoms with Gasteiger partial charge in [0.05, 0.1) is 6.10 Å². The molecule has 1 atom stereocenters. The third kappa shape index (κ3) is 5.17. The number of aliphatic hydroxyl groups excluding tert-OH is 1. The van der Waals surface area contributed by atoms with Crippen molar-refractivity contribution in [3.63, 3.8) is 0 Å². The van der Waals surface area contributed by atoms with Crippen LogP contribution in [-0.2, 0) is 4.79 Å². The lowest BCUT2D eigenvalue weighted by molar-refractivity contribution is -0.118. The monoisotopic (exact) mass is 317 g/mol. The molecule has 0 aliphatic heterocycles. The minimum Gasteiger partial charge on any atom is -0.388 e. The fourth-order valence-electron chi connectivity index (χ4n) is 3.15. The van der Waals surface area contributed by atoms with Crippen molar-refractivity contribution < 1.29 is 14.7 Å². The van der Waals surface area contributed by atoms with Crippen molar-refractivity contribution in [3.05, 3.63) is 35.4 Å². The molecule has 2 rings (SSSR count). The van der Waals surface area contributed by atoms with E-state index in [-0.39, 0.29) is 11.7 Å². The summed E-state index contributed by atoms with van der Waals surface area (Å²) < 4.78 is 0. The molecule has 0 radical (unpaired) electrons. The average molecular weight is 317 g/mol. The Morgan fingerprint density at radius 2 is 1.83 bits per heavy atom. The maximum atomic E-state index is 12.0. The summed E-state index contributed by atoms with van der Waals surface area (Å²) in [5.41, 5.74) is 1.45. The first-order valence-corrected chi connectivity index (χ1v) is 8.69. The second kappa shape index (κ2) is 8.82. The molecule has 1 saturated carbocycles. The number of hydrogen-bond acceptors (Lipinski definition) is 3. The van der Waals surface area contributed by atoms with E-state index < -0.39 is 6.10 Å². The normalized spacial score (nSPS) is 16.8. The van der Waals surface area contributed by atoms with Crippen molar-refractivity contribution in [1.29, 1.82) is 0 Å². The number of benzene rings is 1. The van der Waals surface area contributed by atoms with Crippen molar-refractivity contribution in [2.45, 2.75) is 58.0 Å². The van der Waals surface area contributed by atoms with E-state index >= 15 is 0 Å². The van der Waals surface area contributed by atoms with Crippen molar-refractivity contribution in [1.82, 2.24) is 5.32 Å². The van der Waals surface area contributed by atoms with Crippen LogP contribution in [0.25, 0.3) is 0 Å². The zero-order valence-electron chi connectivity index (χ0n) is 13.9. The molecular formula is C19H27NO3. The van der Waals surface area contributed by atoms with Crippen LogP contribution < -0.4 is 5.32 Å². The van der Waals surface area contributed by atoms with Gasteiger partial charge >= 0.3 is 0 Å². The third-order valence-electron chi connectivity index (χ3n) is 4.69. The van der Waals surface area contributed by atoms with Crippen LogP contribution in [0.15, 0.2) is 24.3 Å². The van der Waals surface area contributed by atoms with Gasteiger partial charge in [0, 0.05) is 24.9 Å². The lowest BCUT2D eigenvalue weighted by Crippen LogP contribution is -2.26. The second-order valence-electron chi connectivity index (χ2n) is 6.36. The van der Waals surface area contributed by atoms with E-state index in [1.54, 1.807) is 12.1 Å². The lowest BCUT2D eigenvalue weighted by atomic mass is 9.82.